The summed E-state index contributed by atoms with van der Waals surface area (Å²) in [4.78, 5) is 4.64. The predicted octanol–water partition coefficient (Wildman–Crippen LogP) is 2.31. The first kappa shape index (κ1) is 11.5. The SMILES string of the molecule is COc1cccc2nc(CC3CCCOC3)cn12. The van der Waals surface area contributed by atoms with E-state index in [2.05, 4.69) is 11.2 Å². The van der Waals surface area contributed by atoms with E-state index in [0.29, 0.717) is 5.92 Å². The van der Waals surface area contributed by atoms with Gasteiger partial charge in [-0.2, -0.15) is 0 Å². The Bertz CT molecular complexity index is 530. The quantitative estimate of drug-likeness (QED) is 0.833. The fourth-order valence-electron chi connectivity index (χ4n) is 2.56. The highest BCUT2D eigenvalue weighted by Crippen LogP contribution is 2.21. The Morgan fingerprint density at radius 3 is 3.22 bits per heavy atom. The third kappa shape index (κ3) is 2.20. The van der Waals surface area contributed by atoms with Crippen LogP contribution < -0.4 is 4.74 Å². The smallest absolute Gasteiger partial charge is 0.198 e. The molecule has 0 spiro atoms. The van der Waals surface area contributed by atoms with E-state index in [9.17, 15) is 0 Å². The van der Waals surface area contributed by atoms with Crippen molar-refractivity contribution in [2.24, 2.45) is 5.92 Å². The number of hydrogen-bond acceptors (Lipinski definition) is 3. The summed E-state index contributed by atoms with van der Waals surface area (Å²) < 4.78 is 12.8. The monoisotopic (exact) mass is 246 g/mol. The first-order valence-electron chi connectivity index (χ1n) is 6.45. The van der Waals surface area contributed by atoms with E-state index < -0.39 is 0 Å². The number of methoxy groups -OCH3 is 1. The van der Waals surface area contributed by atoms with Crippen molar-refractivity contribution in [3.63, 3.8) is 0 Å². The number of imidazole rings is 1. The molecule has 3 rings (SSSR count). The molecule has 0 aromatic carbocycles. The normalized spacial score (nSPS) is 20.2. The molecular weight excluding hydrogens is 228 g/mol. The van der Waals surface area contributed by atoms with Crippen LogP contribution in [0.25, 0.3) is 5.65 Å². The van der Waals surface area contributed by atoms with Gasteiger partial charge in [-0.25, -0.2) is 4.98 Å². The molecule has 0 bridgehead atoms. The van der Waals surface area contributed by atoms with Gasteiger partial charge in [0, 0.05) is 19.4 Å². The maximum Gasteiger partial charge on any atom is 0.198 e. The van der Waals surface area contributed by atoms with E-state index in [4.69, 9.17) is 9.47 Å². The van der Waals surface area contributed by atoms with Gasteiger partial charge in [-0.05, 0) is 37.3 Å². The molecule has 0 radical (unpaired) electrons. The zero-order chi connectivity index (χ0) is 12.4. The zero-order valence-electron chi connectivity index (χ0n) is 10.6. The molecule has 0 saturated carbocycles. The van der Waals surface area contributed by atoms with Gasteiger partial charge < -0.3 is 9.47 Å². The molecule has 3 heterocycles. The molecule has 1 atom stereocenters. The van der Waals surface area contributed by atoms with Crippen LogP contribution in [-0.2, 0) is 11.2 Å². The molecule has 0 aliphatic carbocycles. The van der Waals surface area contributed by atoms with Gasteiger partial charge in [0.15, 0.2) is 5.88 Å². The van der Waals surface area contributed by atoms with Crippen LogP contribution in [0.3, 0.4) is 0 Å². The van der Waals surface area contributed by atoms with Gasteiger partial charge in [-0.1, -0.05) is 6.07 Å². The predicted molar refractivity (Wildman–Crippen MR) is 69.0 cm³/mol. The van der Waals surface area contributed by atoms with Crippen molar-refractivity contribution in [1.82, 2.24) is 9.38 Å². The van der Waals surface area contributed by atoms with Crippen LogP contribution in [0.1, 0.15) is 18.5 Å². The molecule has 1 fully saturated rings. The Kier molecular flexibility index (Phi) is 3.19. The van der Waals surface area contributed by atoms with Crippen LogP contribution in [0.15, 0.2) is 24.4 Å². The van der Waals surface area contributed by atoms with Crippen LogP contribution in [0.4, 0.5) is 0 Å². The Hall–Kier alpha value is -1.55. The minimum absolute atomic E-state index is 0.606. The second kappa shape index (κ2) is 4.98. The van der Waals surface area contributed by atoms with E-state index in [-0.39, 0.29) is 0 Å². The fourth-order valence-corrected chi connectivity index (χ4v) is 2.56. The van der Waals surface area contributed by atoms with Crippen LogP contribution in [0.2, 0.25) is 0 Å². The highest BCUT2D eigenvalue weighted by atomic mass is 16.5. The van der Waals surface area contributed by atoms with Gasteiger partial charge in [0.25, 0.3) is 0 Å². The molecule has 1 unspecified atom stereocenters. The molecule has 0 amide bonds. The number of rotatable bonds is 3. The van der Waals surface area contributed by atoms with Gasteiger partial charge in [-0.3, -0.25) is 4.40 Å². The van der Waals surface area contributed by atoms with Crippen molar-refractivity contribution in [1.29, 1.82) is 0 Å². The third-order valence-corrected chi connectivity index (χ3v) is 3.47. The van der Waals surface area contributed by atoms with Crippen LogP contribution >= 0.6 is 0 Å². The third-order valence-electron chi connectivity index (χ3n) is 3.47. The first-order chi connectivity index (χ1) is 8.86. The number of hydrogen-bond donors (Lipinski definition) is 0. The summed E-state index contributed by atoms with van der Waals surface area (Å²) in [7, 11) is 1.68. The molecule has 0 N–H and O–H groups in total. The molecule has 4 nitrogen and oxygen atoms in total. The van der Waals surface area contributed by atoms with E-state index in [1.807, 2.05) is 22.6 Å². The van der Waals surface area contributed by atoms with Crippen molar-refractivity contribution >= 4 is 5.65 Å². The summed E-state index contributed by atoms with van der Waals surface area (Å²) in [6.07, 6.45) is 5.47. The van der Waals surface area contributed by atoms with E-state index in [0.717, 1.165) is 36.9 Å². The molecule has 4 heteroatoms. The van der Waals surface area contributed by atoms with Gasteiger partial charge in [-0.15, -0.1) is 0 Å². The average molecular weight is 246 g/mol. The Morgan fingerprint density at radius 2 is 2.44 bits per heavy atom. The van der Waals surface area contributed by atoms with E-state index in [1.165, 1.54) is 12.8 Å². The molecule has 2 aromatic rings. The lowest BCUT2D eigenvalue weighted by Crippen LogP contribution is -2.19. The van der Waals surface area contributed by atoms with E-state index >= 15 is 0 Å². The largest absolute Gasteiger partial charge is 0.482 e. The molecular formula is C14H18N2O2. The summed E-state index contributed by atoms with van der Waals surface area (Å²) in [6, 6.07) is 5.92. The maximum absolute atomic E-state index is 5.51. The van der Waals surface area contributed by atoms with Gasteiger partial charge in [0.2, 0.25) is 0 Å². The molecule has 1 saturated heterocycles. The number of pyridine rings is 1. The Balaban J connectivity index is 1.84. The lowest BCUT2D eigenvalue weighted by molar-refractivity contribution is 0.0547. The summed E-state index contributed by atoms with van der Waals surface area (Å²) >= 11 is 0. The Morgan fingerprint density at radius 1 is 1.50 bits per heavy atom. The standard InChI is InChI=1S/C14H18N2O2/c1-17-14-6-2-5-13-15-12(9-16(13)14)8-11-4-3-7-18-10-11/h2,5-6,9,11H,3-4,7-8,10H2,1H3. The lowest BCUT2D eigenvalue weighted by atomic mass is 9.97. The van der Waals surface area contributed by atoms with Crippen molar-refractivity contribution in [2.45, 2.75) is 19.3 Å². The van der Waals surface area contributed by atoms with Gasteiger partial charge >= 0.3 is 0 Å². The van der Waals surface area contributed by atoms with Crippen molar-refractivity contribution in [3.05, 3.63) is 30.1 Å². The average Bonchev–Trinajstić information content (AvgIpc) is 2.82. The number of ether oxygens (including phenoxy) is 2. The summed E-state index contributed by atoms with van der Waals surface area (Å²) in [6.45, 7) is 1.78. The van der Waals surface area contributed by atoms with Crippen molar-refractivity contribution in [3.8, 4) is 5.88 Å². The molecule has 1 aliphatic rings. The second-order valence-electron chi connectivity index (χ2n) is 4.82. The minimum Gasteiger partial charge on any atom is -0.482 e. The lowest BCUT2D eigenvalue weighted by Gasteiger charge is -2.20. The van der Waals surface area contributed by atoms with Gasteiger partial charge in [0.1, 0.15) is 5.65 Å². The van der Waals surface area contributed by atoms with Crippen LogP contribution in [0.5, 0.6) is 5.88 Å². The topological polar surface area (TPSA) is 35.8 Å². The first-order valence-corrected chi connectivity index (χ1v) is 6.45. The van der Waals surface area contributed by atoms with Crippen molar-refractivity contribution in [2.75, 3.05) is 20.3 Å². The van der Waals surface area contributed by atoms with Gasteiger partial charge in [0.05, 0.1) is 12.8 Å². The molecule has 2 aromatic heterocycles. The second-order valence-corrected chi connectivity index (χ2v) is 4.82. The van der Waals surface area contributed by atoms with Crippen LogP contribution in [0, 0.1) is 5.92 Å². The number of fused-ring (bicyclic) bond motifs is 1. The Labute approximate surface area is 107 Å². The molecule has 1 aliphatic heterocycles. The van der Waals surface area contributed by atoms with E-state index in [1.54, 1.807) is 7.11 Å². The zero-order valence-corrected chi connectivity index (χ0v) is 10.6. The number of nitrogens with zero attached hydrogens (tertiary/aromatic N) is 2. The maximum atomic E-state index is 5.51. The molecule has 18 heavy (non-hydrogen) atoms. The fraction of sp³-hybridized carbons (Fsp3) is 0.500. The van der Waals surface area contributed by atoms with Crippen LogP contribution in [-0.4, -0.2) is 29.7 Å². The summed E-state index contributed by atoms with van der Waals surface area (Å²) in [5, 5.41) is 0. The summed E-state index contributed by atoms with van der Waals surface area (Å²) in [5.41, 5.74) is 2.07. The molecule has 96 valence electrons. The number of aromatic nitrogens is 2. The summed E-state index contributed by atoms with van der Waals surface area (Å²) in [5.74, 6) is 1.43. The highest BCUT2D eigenvalue weighted by molar-refractivity contribution is 5.43. The van der Waals surface area contributed by atoms with Crippen molar-refractivity contribution < 1.29 is 9.47 Å². The minimum atomic E-state index is 0.606. The highest BCUT2D eigenvalue weighted by Gasteiger charge is 2.16.